The fourth-order valence-electron chi connectivity index (χ4n) is 0.510. The van der Waals surface area contributed by atoms with Gasteiger partial charge in [0.15, 0.2) is 0 Å². The number of hydrogen-bond acceptors (Lipinski definition) is 17. The molecule has 1 aliphatic rings. The Kier molecular flexibility index (Phi) is 36.7. The van der Waals surface area contributed by atoms with Gasteiger partial charge in [-0.2, -0.15) is 31.3 Å². The van der Waals surface area contributed by atoms with Crippen molar-refractivity contribution < 1.29 is 81.7 Å². The van der Waals surface area contributed by atoms with E-state index in [0.717, 1.165) is 13.2 Å². The summed E-state index contributed by atoms with van der Waals surface area (Å²) >= 11 is 0. The monoisotopic (exact) mass is 488 g/mol. The van der Waals surface area contributed by atoms with Crippen LogP contribution in [0.5, 0.6) is 0 Å². The molecule has 0 radical (unpaired) electrons. The Hall–Kier alpha value is 0.400. The van der Waals surface area contributed by atoms with Crippen LogP contribution in [-0.2, 0) is 23.0 Å². The average Bonchev–Trinajstić information content (AvgIpc) is 2.59. The molecular formula is C7H8O17P4. The van der Waals surface area contributed by atoms with Crippen LogP contribution in [-0.4, -0.2) is 13.2 Å². The van der Waals surface area contributed by atoms with E-state index in [0.29, 0.717) is 0 Å². The molecule has 0 bridgehead atoms. The van der Waals surface area contributed by atoms with Crippen molar-refractivity contribution in [1.29, 1.82) is 0 Å². The van der Waals surface area contributed by atoms with Gasteiger partial charge in [0.2, 0.25) is 0 Å². The third-order valence-corrected chi connectivity index (χ3v) is 0.827. The Morgan fingerprint density at radius 2 is 0.536 bits per heavy atom. The standard InChI is InChI=1S/C4H8O.3C.4H3O4P/c1-2-4-5-3-1;;;;4*1-5(2,3)4/h1-4H2;;;;4*(H3,1,2,3,4)/q;3*+4;;;;/p-12. The summed E-state index contributed by atoms with van der Waals surface area (Å²) in [5, 5.41) is 0. The molecule has 158 valence electrons. The van der Waals surface area contributed by atoms with Crippen LogP contribution in [0.15, 0.2) is 0 Å². The van der Waals surface area contributed by atoms with Crippen molar-refractivity contribution >= 4 is 31.3 Å². The van der Waals surface area contributed by atoms with E-state index in [1.165, 1.54) is 12.8 Å². The first kappa shape index (κ1) is 46.6. The zero-order valence-corrected chi connectivity index (χ0v) is 16.6. The molecule has 1 fully saturated rings. The maximum atomic E-state index is 8.55. The first-order chi connectivity index (χ1) is 10.5. The molecule has 0 aromatic heterocycles. The quantitative estimate of drug-likeness (QED) is 0.285. The second kappa shape index (κ2) is 22.1. The molecule has 0 atom stereocenters. The molecule has 1 heterocycles. The SMILES string of the molecule is C1CCOC1.O=P([O-])([O-])[O-].O=P([O-])([O-])[O-].O=P([O-])([O-])[O-].O=P([O-])([O-])[O-].[C+4].[C+4].[C+4]. The van der Waals surface area contributed by atoms with Crippen molar-refractivity contribution in [2.75, 3.05) is 13.2 Å². The number of rotatable bonds is 0. The molecule has 0 aromatic carbocycles. The third kappa shape index (κ3) is 584. The average molecular weight is 488 g/mol. The normalized spacial score (nSPS) is 12.7. The summed E-state index contributed by atoms with van der Waals surface area (Å²) in [6.45, 7) is 2.00. The zero-order valence-electron chi connectivity index (χ0n) is 13.1. The van der Waals surface area contributed by atoms with Gasteiger partial charge in [0, 0.05) is 13.2 Å². The number of phosphoric acid groups is 4. The van der Waals surface area contributed by atoms with Crippen molar-refractivity contribution in [2.24, 2.45) is 0 Å². The van der Waals surface area contributed by atoms with E-state index in [9.17, 15) is 0 Å². The summed E-state index contributed by atoms with van der Waals surface area (Å²) in [4.78, 5) is 103. The van der Waals surface area contributed by atoms with E-state index >= 15 is 0 Å². The minimum Gasteiger partial charge on any atom is -0.822 e. The molecule has 0 aromatic rings. The van der Waals surface area contributed by atoms with Gasteiger partial charge >= 0.3 is 22.3 Å². The van der Waals surface area contributed by atoms with Gasteiger partial charge in [0.1, 0.15) is 0 Å². The van der Waals surface area contributed by atoms with Crippen molar-refractivity contribution in [3.05, 3.63) is 22.3 Å². The first-order valence-electron chi connectivity index (χ1n) is 5.00. The van der Waals surface area contributed by atoms with Crippen LogP contribution in [0.25, 0.3) is 0 Å². The van der Waals surface area contributed by atoms with Gasteiger partial charge in [0.05, 0.1) is 0 Å². The Morgan fingerprint density at radius 1 is 0.429 bits per heavy atom. The van der Waals surface area contributed by atoms with Gasteiger partial charge < -0.3 is 81.7 Å². The fraction of sp³-hybridized carbons (Fsp3) is 0.571. The minimum atomic E-state index is -5.39. The van der Waals surface area contributed by atoms with Crippen LogP contribution in [0.3, 0.4) is 0 Å². The summed E-state index contributed by atoms with van der Waals surface area (Å²) in [5.74, 6) is 0. The molecule has 1 rings (SSSR count). The second-order valence-corrected chi connectivity index (χ2v) is 6.69. The summed E-state index contributed by atoms with van der Waals surface area (Å²) in [5.41, 5.74) is 0. The van der Waals surface area contributed by atoms with E-state index in [1.807, 2.05) is 0 Å². The van der Waals surface area contributed by atoms with Gasteiger partial charge in [0.25, 0.3) is 0 Å². The molecule has 17 nitrogen and oxygen atoms in total. The van der Waals surface area contributed by atoms with Gasteiger partial charge in [-0.3, -0.25) is 0 Å². The second-order valence-electron chi connectivity index (χ2n) is 3.11. The molecule has 1 saturated heterocycles. The van der Waals surface area contributed by atoms with Crippen LogP contribution in [0.4, 0.5) is 0 Å². The van der Waals surface area contributed by atoms with Gasteiger partial charge in [-0.25, -0.2) is 0 Å². The maximum Gasteiger partial charge on any atom is 4.00 e. The summed E-state index contributed by atoms with van der Waals surface area (Å²) in [7, 11) is -21.6. The van der Waals surface area contributed by atoms with Crippen LogP contribution < -0.4 is 58.7 Å². The number of ether oxygens (including phenoxy) is 1. The first-order valence-corrected chi connectivity index (χ1v) is 10.8. The van der Waals surface area contributed by atoms with Crippen LogP contribution in [0, 0.1) is 22.3 Å². The molecule has 0 amide bonds. The van der Waals surface area contributed by atoms with Crippen molar-refractivity contribution in [2.45, 2.75) is 12.8 Å². The van der Waals surface area contributed by atoms with Crippen molar-refractivity contribution in [3.63, 3.8) is 0 Å². The molecule has 0 unspecified atom stereocenters. The van der Waals surface area contributed by atoms with Gasteiger partial charge in [-0.15, -0.1) is 0 Å². The minimum absolute atomic E-state index is 0. The predicted molar refractivity (Wildman–Crippen MR) is 60.2 cm³/mol. The fourth-order valence-corrected chi connectivity index (χ4v) is 0.510. The summed E-state index contributed by atoms with van der Waals surface area (Å²) in [6, 6.07) is 0. The topological polar surface area (TPSA) is 354 Å². The van der Waals surface area contributed by atoms with E-state index in [2.05, 4.69) is 0 Å². The Morgan fingerprint density at radius 3 is 0.571 bits per heavy atom. The molecule has 0 aliphatic carbocycles. The molecule has 0 N–H and O–H groups in total. The Labute approximate surface area is 162 Å². The van der Waals surface area contributed by atoms with Crippen molar-refractivity contribution in [3.8, 4) is 0 Å². The van der Waals surface area contributed by atoms with Crippen molar-refractivity contribution in [1.82, 2.24) is 0 Å². The maximum absolute atomic E-state index is 8.55. The van der Waals surface area contributed by atoms with Crippen LogP contribution in [0.2, 0.25) is 0 Å². The largest absolute Gasteiger partial charge is 4.00 e. The van der Waals surface area contributed by atoms with Gasteiger partial charge in [-0.05, 0) is 12.8 Å². The summed E-state index contributed by atoms with van der Waals surface area (Å²) < 4.78 is 39.1. The Balaban J connectivity index is -0.0000000383. The molecular weight excluding hydrogens is 480 g/mol. The Bertz CT molecular complexity index is 359. The third-order valence-electron chi connectivity index (χ3n) is 0.827. The zero-order chi connectivity index (χ0) is 21.5. The smallest absolute Gasteiger partial charge is 0.822 e. The molecule has 21 heteroatoms. The van der Waals surface area contributed by atoms with Gasteiger partial charge in [-0.1, -0.05) is 0 Å². The molecule has 0 spiro atoms. The number of hydrogen-bond donors (Lipinski definition) is 0. The molecule has 1 aliphatic heterocycles. The van der Waals surface area contributed by atoms with Crippen LogP contribution >= 0.6 is 31.3 Å². The molecule has 28 heavy (non-hydrogen) atoms. The summed E-state index contributed by atoms with van der Waals surface area (Å²) in [6.07, 6.45) is 2.56. The van der Waals surface area contributed by atoms with E-state index < -0.39 is 31.3 Å². The van der Waals surface area contributed by atoms with E-state index in [-0.39, 0.29) is 22.3 Å². The van der Waals surface area contributed by atoms with Crippen LogP contribution in [0.1, 0.15) is 12.8 Å². The van der Waals surface area contributed by atoms with E-state index in [1.54, 1.807) is 0 Å². The molecule has 0 saturated carbocycles. The van der Waals surface area contributed by atoms with E-state index in [4.69, 9.17) is 81.7 Å². The predicted octanol–water partition coefficient (Wildman–Crippen LogP) is -10.3.